The van der Waals surface area contributed by atoms with Gasteiger partial charge in [0.15, 0.2) is 0 Å². The van der Waals surface area contributed by atoms with Crippen LogP contribution < -0.4 is 0 Å². The molecule has 0 rings (SSSR count). The Bertz CT molecular complexity index is 145. The van der Waals surface area contributed by atoms with E-state index in [9.17, 15) is 9.59 Å². The van der Waals surface area contributed by atoms with Gasteiger partial charge in [0.05, 0.1) is 39.6 Å². The number of hydrogen-bond donors (Lipinski definition) is 2. The number of unbranched alkanes of at least 4 members (excludes halogenated alkanes) is 3. The number of carbonyl (C=O) groups excluding carboxylic acids is 2. The first-order chi connectivity index (χ1) is 8.83. The van der Waals surface area contributed by atoms with Crippen molar-refractivity contribution in [1.82, 2.24) is 0 Å². The third-order valence-electron chi connectivity index (χ3n) is 1.74. The summed E-state index contributed by atoms with van der Waals surface area (Å²) in [6.07, 6.45) is 4.64. The van der Waals surface area contributed by atoms with Crippen LogP contribution in [0.2, 0.25) is 0 Å². The van der Waals surface area contributed by atoms with Gasteiger partial charge in [0.2, 0.25) is 0 Å². The van der Waals surface area contributed by atoms with Gasteiger partial charge in [-0.1, -0.05) is 0 Å². The van der Waals surface area contributed by atoms with E-state index in [1.165, 1.54) is 0 Å². The van der Waals surface area contributed by atoms with Crippen molar-refractivity contribution < 1.29 is 29.3 Å². The first-order valence-electron chi connectivity index (χ1n) is 6.08. The Kier molecular flexibility index (Phi) is 23.3. The van der Waals surface area contributed by atoms with Crippen molar-refractivity contribution in [3.8, 4) is 0 Å². The zero-order valence-electron chi connectivity index (χ0n) is 10.8. The molecule has 6 heteroatoms. The molecule has 18 heavy (non-hydrogen) atoms. The van der Waals surface area contributed by atoms with E-state index >= 15 is 0 Å². The Morgan fingerprint density at radius 2 is 1.11 bits per heavy atom. The van der Waals surface area contributed by atoms with Crippen LogP contribution in [0.15, 0.2) is 0 Å². The number of hydrogen-bond acceptors (Lipinski definition) is 6. The number of carbonyl (C=O) groups is 2. The molecule has 0 unspecified atom stereocenters. The fraction of sp³-hybridized carbons (Fsp3) is 0.833. The third kappa shape index (κ3) is 24.4. The Labute approximate surface area is 108 Å². The van der Waals surface area contributed by atoms with Gasteiger partial charge >= 0.3 is 0 Å². The second-order valence-corrected chi connectivity index (χ2v) is 3.29. The van der Waals surface area contributed by atoms with Crippen molar-refractivity contribution in [2.45, 2.75) is 25.7 Å². The second kappa shape index (κ2) is 21.5. The minimum absolute atomic E-state index is 0.0417. The van der Waals surface area contributed by atoms with Gasteiger partial charge < -0.3 is 29.3 Å². The van der Waals surface area contributed by atoms with Gasteiger partial charge in [-0.2, -0.15) is 0 Å². The molecule has 108 valence electrons. The van der Waals surface area contributed by atoms with Crippen molar-refractivity contribution in [1.29, 1.82) is 0 Å². The largest absolute Gasteiger partial charge is 0.394 e. The lowest BCUT2D eigenvalue weighted by molar-refractivity contribution is -0.109. The normalized spacial score (nSPS) is 9.44. The summed E-state index contributed by atoms with van der Waals surface area (Å²) in [6.45, 7) is 1.73. The SMILES string of the molecule is O=CCCCCC=O.OCCOCCOCCO. The van der Waals surface area contributed by atoms with Gasteiger partial charge in [-0.05, 0) is 12.8 Å². The van der Waals surface area contributed by atoms with Gasteiger partial charge in [0.1, 0.15) is 12.6 Å². The van der Waals surface area contributed by atoms with Gasteiger partial charge in [0.25, 0.3) is 0 Å². The van der Waals surface area contributed by atoms with Crippen LogP contribution in [-0.2, 0) is 19.1 Å². The highest BCUT2D eigenvalue weighted by molar-refractivity contribution is 5.50. The fourth-order valence-corrected chi connectivity index (χ4v) is 0.906. The molecule has 0 saturated carbocycles. The summed E-state index contributed by atoms with van der Waals surface area (Å²) in [6, 6.07) is 0. The molecule has 0 radical (unpaired) electrons. The lowest BCUT2D eigenvalue weighted by Gasteiger charge is -2.01. The monoisotopic (exact) mass is 264 g/mol. The van der Waals surface area contributed by atoms with Crippen LogP contribution >= 0.6 is 0 Å². The summed E-state index contributed by atoms with van der Waals surface area (Å²) in [5, 5.41) is 16.5. The summed E-state index contributed by atoms with van der Waals surface area (Å²) >= 11 is 0. The van der Waals surface area contributed by atoms with Crippen LogP contribution in [0, 0.1) is 0 Å². The summed E-state index contributed by atoms with van der Waals surface area (Å²) in [4.78, 5) is 19.4. The summed E-state index contributed by atoms with van der Waals surface area (Å²) in [5.74, 6) is 0. The highest BCUT2D eigenvalue weighted by Crippen LogP contribution is 1.93. The van der Waals surface area contributed by atoms with Gasteiger partial charge in [-0.3, -0.25) is 0 Å². The molecule has 0 aliphatic rings. The number of aliphatic hydroxyl groups excluding tert-OH is 2. The zero-order valence-corrected chi connectivity index (χ0v) is 10.8. The van der Waals surface area contributed by atoms with Crippen LogP contribution in [0.3, 0.4) is 0 Å². The van der Waals surface area contributed by atoms with Crippen LogP contribution in [0.25, 0.3) is 0 Å². The maximum absolute atomic E-state index is 9.68. The molecular weight excluding hydrogens is 240 g/mol. The number of ether oxygens (including phenoxy) is 2. The topological polar surface area (TPSA) is 93.1 Å². The fourth-order valence-electron chi connectivity index (χ4n) is 0.906. The maximum atomic E-state index is 9.68. The average molecular weight is 264 g/mol. The smallest absolute Gasteiger partial charge is 0.119 e. The molecule has 0 heterocycles. The molecule has 0 fully saturated rings. The van der Waals surface area contributed by atoms with Crippen molar-refractivity contribution in [2.75, 3.05) is 39.6 Å². The standard InChI is InChI=1S/C6H14O4.C6H10O2/c7-1-3-9-5-6-10-4-2-8;7-5-3-1-2-4-6-8/h7-8H,1-6H2;5-6H,1-4H2. The molecule has 0 aliphatic heterocycles. The Hall–Kier alpha value is -0.820. The quantitative estimate of drug-likeness (QED) is 0.379. The molecule has 0 aliphatic carbocycles. The highest BCUT2D eigenvalue weighted by Gasteiger charge is 1.86. The van der Waals surface area contributed by atoms with Crippen molar-refractivity contribution >= 4 is 12.6 Å². The molecule has 0 aromatic carbocycles. The summed E-state index contributed by atoms with van der Waals surface area (Å²) < 4.78 is 9.75. The first-order valence-corrected chi connectivity index (χ1v) is 6.08. The Balaban J connectivity index is 0. The molecule has 6 nitrogen and oxygen atoms in total. The Morgan fingerprint density at radius 1 is 0.722 bits per heavy atom. The minimum atomic E-state index is 0.0417. The number of aldehydes is 2. The molecule has 0 saturated heterocycles. The Morgan fingerprint density at radius 3 is 1.39 bits per heavy atom. The van der Waals surface area contributed by atoms with Crippen LogP contribution in [-0.4, -0.2) is 62.4 Å². The van der Waals surface area contributed by atoms with E-state index in [1.807, 2.05) is 0 Å². The number of aliphatic hydroxyl groups is 2. The predicted octanol–water partition coefficient (Wildman–Crippen LogP) is -0.0512. The van der Waals surface area contributed by atoms with Gasteiger partial charge in [0, 0.05) is 12.8 Å². The van der Waals surface area contributed by atoms with E-state index in [0.717, 1.165) is 25.4 Å². The van der Waals surface area contributed by atoms with E-state index in [4.69, 9.17) is 19.7 Å². The van der Waals surface area contributed by atoms with Crippen LogP contribution in [0.4, 0.5) is 0 Å². The molecule has 0 bridgehead atoms. The van der Waals surface area contributed by atoms with E-state index in [-0.39, 0.29) is 13.2 Å². The molecule has 0 aromatic rings. The summed E-state index contributed by atoms with van der Waals surface area (Å²) in [5.41, 5.74) is 0. The zero-order chi connectivity index (χ0) is 13.9. The minimum Gasteiger partial charge on any atom is -0.394 e. The van der Waals surface area contributed by atoms with E-state index in [0.29, 0.717) is 39.3 Å². The summed E-state index contributed by atoms with van der Waals surface area (Å²) in [7, 11) is 0. The van der Waals surface area contributed by atoms with Crippen molar-refractivity contribution in [3.05, 3.63) is 0 Å². The number of rotatable bonds is 12. The molecule has 0 aromatic heterocycles. The van der Waals surface area contributed by atoms with E-state index in [1.54, 1.807) is 0 Å². The molecular formula is C12H24O6. The molecule has 0 atom stereocenters. The van der Waals surface area contributed by atoms with Crippen molar-refractivity contribution in [2.24, 2.45) is 0 Å². The average Bonchev–Trinajstić information content (AvgIpc) is 2.40. The second-order valence-electron chi connectivity index (χ2n) is 3.29. The molecule has 0 amide bonds. The lowest BCUT2D eigenvalue weighted by atomic mass is 10.2. The predicted molar refractivity (Wildman–Crippen MR) is 66.4 cm³/mol. The van der Waals surface area contributed by atoms with Gasteiger partial charge in [-0.15, -0.1) is 0 Å². The van der Waals surface area contributed by atoms with Crippen LogP contribution in [0.1, 0.15) is 25.7 Å². The maximum Gasteiger partial charge on any atom is 0.119 e. The molecule has 0 spiro atoms. The van der Waals surface area contributed by atoms with Crippen LogP contribution in [0.5, 0.6) is 0 Å². The van der Waals surface area contributed by atoms with E-state index < -0.39 is 0 Å². The van der Waals surface area contributed by atoms with Gasteiger partial charge in [-0.25, -0.2) is 0 Å². The highest BCUT2D eigenvalue weighted by atomic mass is 16.5. The van der Waals surface area contributed by atoms with E-state index in [2.05, 4.69) is 0 Å². The lowest BCUT2D eigenvalue weighted by Crippen LogP contribution is -2.09. The first kappa shape index (κ1) is 19.5. The molecule has 2 N–H and O–H groups in total. The third-order valence-corrected chi connectivity index (χ3v) is 1.74. The van der Waals surface area contributed by atoms with Crippen molar-refractivity contribution in [3.63, 3.8) is 0 Å².